The molecule has 0 radical (unpaired) electrons. The van der Waals surface area contributed by atoms with Crippen LogP contribution < -0.4 is 0 Å². The molecule has 0 aliphatic rings. The minimum Gasteiger partial charge on any atom is -0.298 e. The van der Waals surface area contributed by atoms with Crippen molar-refractivity contribution in [3.8, 4) is 0 Å². The Kier molecular flexibility index (Phi) is 1.59. The molecule has 1 aromatic heterocycles. The van der Waals surface area contributed by atoms with Crippen LogP contribution in [-0.4, -0.2) is 11.3 Å². The Morgan fingerprint density at radius 3 is 2.92 bits per heavy atom. The predicted molar refractivity (Wildman–Crippen MR) is 48.2 cm³/mol. The minimum atomic E-state index is 0. The topological polar surface area (TPSA) is 30.0 Å². The molecular formula is C10H8NO+. The second-order valence-corrected chi connectivity index (χ2v) is 2.54. The number of pyridine rings is 1. The molecule has 2 aromatic rings. The number of hydrogen-bond acceptors (Lipinski definition) is 2. The van der Waals surface area contributed by atoms with Crippen LogP contribution in [0.5, 0.6) is 0 Å². The highest BCUT2D eigenvalue weighted by Crippen LogP contribution is 2.13. The average Bonchev–Trinajstić information content (AvgIpc) is 2.17. The molecule has 12 heavy (non-hydrogen) atoms. The van der Waals surface area contributed by atoms with Crippen LogP contribution in [0.25, 0.3) is 10.9 Å². The van der Waals surface area contributed by atoms with Crippen molar-refractivity contribution < 1.29 is 6.22 Å². The van der Waals surface area contributed by atoms with Gasteiger partial charge in [0.2, 0.25) is 0 Å². The molecule has 0 atom stereocenters. The number of benzene rings is 1. The maximum Gasteiger partial charge on any atom is 1.00 e. The molecule has 2 rings (SSSR count). The quantitative estimate of drug-likeness (QED) is 0.595. The van der Waals surface area contributed by atoms with E-state index in [1.165, 1.54) is 0 Å². The van der Waals surface area contributed by atoms with Crippen molar-refractivity contribution in [3.63, 3.8) is 0 Å². The molecule has 2 nitrogen and oxygen atoms in total. The summed E-state index contributed by atoms with van der Waals surface area (Å²) in [7, 11) is 0. The van der Waals surface area contributed by atoms with E-state index in [2.05, 4.69) is 4.98 Å². The highest BCUT2D eigenvalue weighted by Gasteiger charge is 1.97. The van der Waals surface area contributed by atoms with E-state index in [1.54, 1.807) is 12.3 Å². The molecule has 0 fully saturated rings. The second-order valence-electron chi connectivity index (χ2n) is 2.54. The monoisotopic (exact) mass is 158 g/mol. The molecule has 1 heterocycles. The van der Waals surface area contributed by atoms with Crippen LogP contribution in [0.3, 0.4) is 0 Å². The molecular weight excluding hydrogens is 150 g/mol. The molecule has 0 N–H and O–H groups in total. The van der Waals surface area contributed by atoms with Crippen LogP contribution >= 0.6 is 0 Å². The fraction of sp³-hybridized carbons (Fsp3) is 0. The Hall–Kier alpha value is -1.70. The van der Waals surface area contributed by atoms with Crippen molar-refractivity contribution in [2.45, 2.75) is 0 Å². The Morgan fingerprint density at radius 2 is 2.08 bits per heavy atom. The van der Waals surface area contributed by atoms with Gasteiger partial charge in [-0.2, -0.15) is 0 Å². The van der Waals surface area contributed by atoms with E-state index in [0.29, 0.717) is 5.56 Å². The number of para-hydroxylation sites is 1. The lowest BCUT2D eigenvalue weighted by Gasteiger charge is -1.96. The third kappa shape index (κ3) is 0.975. The van der Waals surface area contributed by atoms with Gasteiger partial charge in [-0.05, 0) is 12.1 Å². The molecule has 0 amide bonds. The minimum absolute atomic E-state index is 0. The first-order valence-electron chi connectivity index (χ1n) is 3.71. The van der Waals surface area contributed by atoms with E-state index in [0.717, 1.165) is 17.2 Å². The first-order valence-corrected chi connectivity index (χ1v) is 3.71. The van der Waals surface area contributed by atoms with E-state index in [1.807, 2.05) is 24.3 Å². The number of aldehydes is 1. The van der Waals surface area contributed by atoms with Gasteiger partial charge in [0.15, 0.2) is 6.29 Å². The van der Waals surface area contributed by atoms with Crippen LogP contribution in [0.4, 0.5) is 0 Å². The van der Waals surface area contributed by atoms with Crippen LogP contribution in [0.15, 0.2) is 36.5 Å². The lowest BCUT2D eigenvalue weighted by Crippen LogP contribution is -1.85. The Bertz CT molecular complexity index is 423. The van der Waals surface area contributed by atoms with Crippen molar-refractivity contribution in [2.24, 2.45) is 0 Å². The van der Waals surface area contributed by atoms with Crippen molar-refractivity contribution in [3.05, 3.63) is 42.1 Å². The number of rotatable bonds is 1. The fourth-order valence-electron chi connectivity index (χ4n) is 1.22. The summed E-state index contributed by atoms with van der Waals surface area (Å²) in [5, 5.41) is 1.00. The largest absolute Gasteiger partial charge is 1.00 e. The fourth-order valence-corrected chi connectivity index (χ4v) is 1.22. The van der Waals surface area contributed by atoms with Gasteiger partial charge in [0.1, 0.15) is 0 Å². The molecule has 0 bridgehead atoms. The summed E-state index contributed by atoms with van der Waals surface area (Å²) in [6.07, 6.45) is 2.52. The summed E-state index contributed by atoms with van der Waals surface area (Å²) in [5.41, 5.74) is 1.42. The van der Waals surface area contributed by atoms with Crippen LogP contribution in [0.1, 0.15) is 11.8 Å². The average molecular weight is 158 g/mol. The highest BCUT2D eigenvalue weighted by molar-refractivity contribution is 5.95. The van der Waals surface area contributed by atoms with Crippen LogP contribution in [0.2, 0.25) is 0 Å². The normalized spacial score (nSPS) is 10.0. The van der Waals surface area contributed by atoms with Gasteiger partial charge in [-0.25, -0.2) is 0 Å². The summed E-state index contributed by atoms with van der Waals surface area (Å²) in [6.45, 7) is 0. The number of carbonyl (C=O) groups is 1. The molecule has 0 unspecified atom stereocenters. The zero-order valence-corrected chi connectivity index (χ0v) is 6.40. The maximum atomic E-state index is 10.6. The SMILES string of the molecule is O=Cc1cccc2cccnc12.[H+]. The highest BCUT2D eigenvalue weighted by atomic mass is 16.1. The van der Waals surface area contributed by atoms with Gasteiger partial charge in [0, 0.05) is 17.1 Å². The maximum absolute atomic E-state index is 10.6. The standard InChI is InChI=1S/C10H7NO/c12-7-9-4-1-3-8-5-2-6-11-10(8)9/h1-7H/p+1. The first kappa shape index (κ1) is 6.98. The Balaban J connectivity index is 0.000000845. The van der Waals surface area contributed by atoms with Gasteiger partial charge in [-0.1, -0.05) is 18.2 Å². The molecule has 0 spiro atoms. The van der Waals surface area contributed by atoms with E-state index in [4.69, 9.17) is 0 Å². The van der Waals surface area contributed by atoms with Gasteiger partial charge in [0.05, 0.1) is 5.52 Å². The number of aromatic nitrogens is 1. The van der Waals surface area contributed by atoms with Crippen molar-refractivity contribution >= 4 is 17.2 Å². The second kappa shape index (κ2) is 2.74. The Morgan fingerprint density at radius 1 is 1.25 bits per heavy atom. The van der Waals surface area contributed by atoms with Gasteiger partial charge in [-0.15, -0.1) is 0 Å². The molecule has 58 valence electrons. The molecule has 0 aliphatic heterocycles. The van der Waals surface area contributed by atoms with E-state index in [-0.39, 0.29) is 1.43 Å². The van der Waals surface area contributed by atoms with E-state index in [9.17, 15) is 4.79 Å². The number of carbonyl (C=O) groups excluding carboxylic acids is 1. The summed E-state index contributed by atoms with van der Waals surface area (Å²) in [5.74, 6) is 0. The number of fused-ring (bicyclic) bond motifs is 1. The molecule has 0 saturated carbocycles. The van der Waals surface area contributed by atoms with Gasteiger partial charge in [0.25, 0.3) is 0 Å². The lowest BCUT2D eigenvalue weighted by molar-refractivity contribution is 0.112. The van der Waals surface area contributed by atoms with Gasteiger partial charge >= 0.3 is 1.43 Å². The van der Waals surface area contributed by atoms with Crippen molar-refractivity contribution in [1.82, 2.24) is 4.98 Å². The number of nitrogens with zero attached hydrogens (tertiary/aromatic N) is 1. The third-order valence-corrected chi connectivity index (χ3v) is 1.79. The van der Waals surface area contributed by atoms with Crippen LogP contribution in [-0.2, 0) is 0 Å². The molecule has 0 saturated heterocycles. The van der Waals surface area contributed by atoms with Crippen molar-refractivity contribution in [2.75, 3.05) is 0 Å². The Labute approximate surface area is 71.3 Å². The summed E-state index contributed by atoms with van der Waals surface area (Å²) in [6, 6.07) is 9.36. The number of hydrogen-bond donors (Lipinski definition) is 0. The molecule has 0 aliphatic carbocycles. The summed E-state index contributed by atoms with van der Waals surface area (Å²) >= 11 is 0. The van der Waals surface area contributed by atoms with E-state index >= 15 is 0 Å². The van der Waals surface area contributed by atoms with E-state index < -0.39 is 0 Å². The summed E-state index contributed by atoms with van der Waals surface area (Å²) < 4.78 is 0. The zero-order valence-electron chi connectivity index (χ0n) is 7.40. The lowest BCUT2D eigenvalue weighted by atomic mass is 10.1. The van der Waals surface area contributed by atoms with Gasteiger partial charge < -0.3 is 0 Å². The smallest absolute Gasteiger partial charge is 0.298 e. The summed E-state index contributed by atoms with van der Waals surface area (Å²) in [4.78, 5) is 14.7. The molecule has 2 heteroatoms. The first-order chi connectivity index (χ1) is 5.92. The molecule has 1 aromatic carbocycles. The van der Waals surface area contributed by atoms with Gasteiger partial charge in [-0.3, -0.25) is 9.78 Å². The van der Waals surface area contributed by atoms with Crippen molar-refractivity contribution in [1.29, 1.82) is 0 Å². The zero-order chi connectivity index (χ0) is 8.39. The predicted octanol–water partition coefficient (Wildman–Crippen LogP) is 2.16. The third-order valence-electron chi connectivity index (χ3n) is 1.79. The van der Waals surface area contributed by atoms with Crippen LogP contribution in [0, 0.1) is 0 Å².